The zero-order valence-electron chi connectivity index (χ0n) is 12.0. The Morgan fingerprint density at radius 3 is 2.61 bits per heavy atom. The van der Waals surface area contributed by atoms with Crippen molar-refractivity contribution in [2.45, 2.75) is 17.6 Å². The summed E-state index contributed by atoms with van der Waals surface area (Å²) in [5.41, 5.74) is 0.704. The maximum absolute atomic E-state index is 12.0. The molecule has 3 N–H and O–H groups in total. The number of carbonyl (C=O) groups excluding carboxylic acids is 1. The van der Waals surface area contributed by atoms with Crippen molar-refractivity contribution < 1.29 is 18.1 Å². The van der Waals surface area contributed by atoms with Crippen LogP contribution in [0.15, 0.2) is 34.5 Å². The molecule has 2 rings (SSSR count). The number of hydrogen-bond acceptors (Lipinski definition) is 6. The molecule has 23 heavy (non-hydrogen) atoms. The predicted molar refractivity (Wildman–Crippen MR) is 85.9 cm³/mol. The number of anilines is 1. The first-order chi connectivity index (χ1) is 10.7. The van der Waals surface area contributed by atoms with Gasteiger partial charge in [-0.3, -0.25) is 14.9 Å². The topological polar surface area (TPSA) is 132 Å². The van der Waals surface area contributed by atoms with Crippen molar-refractivity contribution in [2.24, 2.45) is 5.14 Å². The molecule has 8 nitrogen and oxygen atoms in total. The van der Waals surface area contributed by atoms with Gasteiger partial charge in [-0.1, -0.05) is 6.07 Å². The van der Waals surface area contributed by atoms with E-state index in [4.69, 9.17) is 5.14 Å². The summed E-state index contributed by atoms with van der Waals surface area (Å²) in [6.07, 6.45) is -0.0537. The van der Waals surface area contributed by atoms with E-state index in [1.165, 1.54) is 24.3 Å². The second-order valence-corrected chi connectivity index (χ2v) is 7.71. The average molecular weight is 355 g/mol. The minimum absolute atomic E-state index is 0.0220. The molecule has 1 aromatic carbocycles. The number of nitrogens with zero attached hydrogens (tertiary/aromatic N) is 1. The first kappa shape index (κ1) is 17.1. The van der Waals surface area contributed by atoms with Gasteiger partial charge in [0.2, 0.25) is 15.9 Å². The molecule has 122 valence electrons. The number of nitrogens with two attached hydrogens (primary N) is 1. The highest BCUT2D eigenvalue weighted by molar-refractivity contribution is 7.91. The number of carbonyl (C=O) groups is 1. The molecule has 0 radical (unpaired) electrons. The Kier molecular flexibility index (Phi) is 4.78. The maximum Gasteiger partial charge on any atom is 0.274 e. The van der Waals surface area contributed by atoms with Gasteiger partial charge in [-0.05, 0) is 25.1 Å². The van der Waals surface area contributed by atoms with Gasteiger partial charge in [0, 0.05) is 22.2 Å². The summed E-state index contributed by atoms with van der Waals surface area (Å²) in [5, 5.41) is 18.4. The Morgan fingerprint density at radius 2 is 2.04 bits per heavy atom. The molecular weight excluding hydrogens is 342 g/mol. The second kappa shape index (κ2) is 6.44. The highest BCUT2D eigenvalue weighted by Crippen LogP contribution is 2.24. The number of hydrogen-bond donors (Lipinski definition) is 2. The monoisotopic (exact) mass is 355 g/mol. The van der Waals surface area contributed by atoms with Crippen molar-refractivity contribution in [1.29, 1.82) is 0 Å². The molecule has 1 heterocycles. The highest BCUT2D eigenvalue weighted by Gasteiger charge is 2.15. The third-order valence-corrected chi connectivity index (χ3v) is 5.47. The van der Waals surface area contributed by atoms with E-state index in [1.54, 1.807) is 13.0 Å². The Balaban J connectivity index is 2.10. The summed E-state index contributed by atoms with van der Waals surface area (Å²) in [6.45, 7) is 1.60. The van der Waals surface area contributed by atoms with Gasteiger partial charge in [0.1, 0.15) is 4.21 Å². The molecule has 0 saturated heterocycles. The number of primary sulfonamides is 1. The summed E-state index contributed by atoms with van der Waals surface area (Å²) in [7, 11) is -3.78. The van der Waals surface area contributed by atoms with E-state index in [0.29, 0.717) is 16.1 Å². The molecule has 0 unspecified atom stereocenters. The summed E-state index contributed by atoms with van der Waals surface area (Å²) >= 11 is 0.907. The standard InChI is InChI=1S/C13H13N3O5S2/c1-8-2-3-9(6-11(8)16(18)19)15-12(17)7-10-4-5-13(22-10)23(14,20)21/h2-6H,7H2,1H3,(H,15,17)(H2,14,20,21). The third kappa shape index (κ3) is 4.34. The van der Waals surface area contributed by atoms with Gasteiger partial charge in [0.25, 0.3) is 5.69 Å². The quantitative estimate of drug-likeness (QED) is 0.623. The van der Waals surface area contributed by atoms with E-state index in [1.807, 2.05) is 0 Å². The highest BCUT2D eigenvalue weighted by atomic mass is 32.2. The fourth-order valence-electron chi connectivity index (χ4n) is 1.85. The number of aryl methyl sites for hydroxylation is 1. The summed E-state index contributed by atoms with van der Waals surface area (Å²) < 4.78 is 22.3. The molecule has 1 aromatic heterocycles. The molecule has 2 aromatic rings. The van der Waals surface area contributed by atoms with Crippen LogP contribution in [-0.2, 0) is 21.2 Å². The molecule has 0 saturated carbocycles. The van der Waals surface area contributed by atoms with E-state index in [2.05, 4.69) is 5.32 Å². The lowest BCUT2D eigenvalue weighted by Gasteiger charge is -2.05. The molecule has 0 aliphatic rings. The van der Waals surface area contributed by atoms with Crippen molar-refractivity contribution in [3.8, 4) is 0 Å². The van der Waals surface area contributed by atoms with Gasteiger partial charge < -0.3 is 5.32 Å². The van der Waals surface area contributed by atoms with Crippen molar-refractivity contribution in [1.82, 2.24) is 0 Å². The molecule has 10 heteroatoms. The van der Waals surface area contributed by atoms with Gasteiger partial charge >= 0.3 is 0 Å². The lowest BCUT2D eigenvalue weighted by atomic mass is 10.2. The first-order valence-corrected chi connectivity index (χ1v) is 8.69. The van der Waals surface area contributed by atoms with Crippen LogP contribution >= 0.6 is 11.3 Å². The third-order valence-electron chi connectivity index (χ3n) is 2.94. The van der Waals surface area contributed by atoms with Gasteiger partial charge in [0.15, 0.2) is 0 Å². The van der Waals surface area contributed by atoms with Gasteiger partial charge in [-0.15, -0.1) is 11.3 Å². The van der Waals surface area contributed by atoms with Crippen LogP contribution in [-0.4, -0.2) is 19.2 Å². The second-order valence-electron chi connectivity index (χ2n) is 4.75. The van der Waals surface area contributed by atoms with Crippen molar-refractivity contribution in [2.75, 3.05) is 5.32 Å². The number of sulfonamides is 1. The summed E-state index contributed by atoms with van der Waals surface area (Å²) in [6, 6.07) is 7.21. The smallest absolute Gasteiger partial charge is 0.274 e. The average Bonchev–Trinajstić information content (AvgIpc) is 2.89. The van der Waals surface area contributed by atoms with Crippen LogP contribution in [0.2, 0.25) is 0 Å². The van der Waals surface area contributed by atoms with Crippen LogP contribution < -0.4 is 10.5 Å². The van der Waals surface area contributed by atoms with Gasteiger partial charge in [0.05, 0.1) is 11.3 Å². The number of nitrogens with one attached hydrogen (secondary N) is 1. The summed E-state index contributed by atoms with van der Waals surface area (Å²) in [4.78, 5) is 22.8. The van der Waals surface area contributed by atoms with Crippen molar-refractivity contribution in [3.63, 3.8) is 0 Å². The molecule has 1 amide bonds. The number of thiophene rings is 1. The number of nitro groups is 1. The molecule has 0 atom stereocenters. The lowest BCUT2D eigenvalue weighted by Crippen LogP contribution is -2.14. The first-order valence-electron chi connectivity index (χ1n) is 6.33. The fourth-order valence-corrected chi connectivity index (χ4v) is 3.63. The Hall–Kier alpha value is -2.30. The minimum atomic E-state index is -3.78. The molecule has 0 bridgehead atoms. The Bertz CT molecular complexity index is 873. The van der Waals surface area contributed by atoms with Crippen LogP contribution in [0.5, 0.6) is 0 Å². The number of nitro benzene ring substituents is 1. The van der Waals surface area contributed by atoms with E-state index in [0.717, 1.165) is 11.3 Å². The van der Waals surface area contributed by atoms with Crippen molar-refractivity contribution >= 4 is 38.6 Å². The molecule has 0 aliphatic carbocycles. The summed E-state index contributed by atoms with van der Waals surface area (Å²) in [5.74, 6) is -0.411. The Labute approximate surface area is 136 Å². The van der Waals surface area contributed by atoms with Crippen LogP contribution in [0.1, 0.15) is 10.4 Å². The van der Waals surface area contributed by atoms with E-state index < -0.39 is 20.9 Å². The van der Waals surface area contributed by atoms with Crippen LogP contribution in [0.4, 0.5) is 11.4 Å². The predicted octanol–water partition coefficient (Wildman–Crippen LogP) is 1.79. The van der Waals surface area contributed by atoms with Crippen LogP contribution in [0, 0.1) is 17.0 Å². The maximum atomic E-state index is 12.0. The number of benzene rings is 1. The van der Waals surface area contributed by atoms with Crippen LogP contribution in [0.3, 0.4) is 0 Å². The molecule has 0 spiro atoms. The van der Waals surface area contributed by atoms with Gasteiger partial charge in [-0.25, -0.2) is 13.6 Å². The van der Waals surface area contributed by atoms with E-state index >= 15 is 0 Å². The van der Waals surface area contributed by atoms with Gasteiger partial charge in [-0.2, -0.15) is 0 Å². The molecule has 0 fully saturated rings. The van der Waals surface area contributed by atoms with E-state index in [-0.39, 0.29) is 16.3 Å². The Morgan fingerprint density at radius 1 is 1.35 bits per heavy atom. The molecule has 0 aliphatic heterocycles. The zero-order valence-corrected chi connectivity index (χ0v) is 13.6. The minimum Gasteiger partial charge on any atom is -0.326 e. The number of amides is 1. The van der Waals surface area contributed by atoms with Crippen LogP contribution in [0.25, 0.3) is 0 Å². The fraction of sp³-hybridized carbons (Fsp3) is 0.154. The lowest BCUT2D eigenvalue weighted by molar-refractivity contribution is -0.385. The zero-order chi connectivity index (χ0) is 17.2. The van der Waals surface area contributed by atoms with E-state index in [9.17, 15) is 23.3 Å². The normalized spacial score (nSPS) is 11.2. The largest absolute Gasteiger partial charge is 0.326 e. The number of rotatable bonds is 5. The SMILES string of the molecule is Cc1ccc(NC(=O)Cc2ccc(S(N)(=O)=O)s2)cc1[N+](=O)[O-]. The van der Waals surface area contributed by atoms with Crippen molar-refractivity contribution in [3.05, 3.63) is 50.9 Å². The molecular formula is C13H13N3O5S2.